The highest BCUT2D eigenvalue weighted by Gasteiger charge is 2.32. The summed E-state index contributed by atoms with van der Waals surface area (Å²) < 4.78 is 0. The summed E-state index contributed by atoms with van der Waals surface area (Å²) in [6, 6.07) is 25.0. The first kappa shape index (κ1) is 23.7. The molecule has 0 spiro atoms. The number of likely N-dealkylation sites (tertiary alicyclic amines) is 1. The highest BCUT2D eigenvalue weighted by atomic mass is 16.2. The van der Waals surface area contributed by atoms with Crippen molar-refractivity contribution in [1.82, 2.24) is 4.90 Å². The minimum atomic E-state index is -0.0436. The van der Waals surface area contributed by atoms with Crippen LogP contribution in [0.5, 0.6) is 0 Å². The largest absolute Gasteiger partial charge is 0.323 e. The number of hydrogen-bond acceptors (Lipinski definition) is 2. The molecule has 1 heterocycles. The van der Waals surface area contributed by atoms with Crippen LogP contribution in [0.4, 0.5) is 16.2 Å². The van der Waals surface area contributed by atoms with Crippen LogP contribution in [-0.2, 0) is 6.42 Å². The zero-order chi connectivity index (χ0) is 24.1. The van der Waals surface area contributed by atoms with Gasteiger partial charge in [0.05, 0.1) is 5.69 Å². The lowest BCUT2D eigenvalue weighted by molar-refractivity contribution is 0.182. The topological polar surface area (TPSA) is 44.7 Å². The van der Waals surface area contributed by atoms with Crippen molar-refractivity contribution in [3.8, 4) is 0 Å². The van der Waals surface area contributed by atoms with Crippen molar-refractivity contribution in [2.45, 2.75) is 46.5 Å². The minimum Gasteiger partial charge on any atom is -0.323 e. The van der Waals surface area contributed by atoms with Gasteiger partial charge in [0.25, 0.3) is 0 Å². The lowest BCUT2D eigenvalue weighted by atomic mass is 9.82. The molecule has 0 radical (unpaired) electrons. The normalized spacial score (nSPS) is 18.6. The second kappa shape index (κ2) is 10.7. The number of benzene rings is 3. The number of aliphatic imine (C=N–C) groups is 1. The van der Waals surface area contributed by atoms with Gasteiger partial charge < -0.3 is 10.2 Å². The molecule has 4 nitrogen and oxygen atoms in total. The van der Waals surface area contributed by atoms with Crippen LogP contribution < -0.4 is 5.32 Å². The molecule has 0 aromatic heterocycles. The molecule has 1 fully saturated rings. The number of anilines is 1. The van der Waals surface area contributed by atoms with Gasteiger partial charge in [0.15, 0.2) is 0 Å². The molecule has 2 atom stereocenters. The van der Waals surface area contributed by atoms with Crippen molar-refractivity contribution < 1.29 is 4.79 Å². The van der Waals surface area contributed by atoms with Crippen molar-refractivity contribution in [3.05, 3.63) is 95.1 Å². The highest BCUT2D eigenvalue weighted by molar-refractivity contribution is 5.92. The zero-order valence-electron chi connectivity index (χ0n) is 20.7. The molecule has 1 aliphatic heterocycles. The Hall–Kier alpha value is -3.40. The Bertz CT molecular complexity index is 1170. The van der Waals surface area contributed by atoms with Gasteiger partial charge in [0, 0.05) is 36.3 Å². The summed E-state index contributed by atoms with van der Waals surface area (Å²) in [4.78, 5) is 20.3. The minimum absolute atomic E-state index is 0.0436. The maximum atomic E-state index is 13.4. The van der Waals surface area contributed by atoms with E-state index in [9.17, 15) is 4.79 Å². The molecule has 4 rings (SSSR count). The van der Waals surface area contributed by atoms with Gasteiger partial charge in [-0.3, -0.25) is 4.99 Å². The first-order chi connectivity index (χ1) is 16.4. The van der Waals surface area contributed by atoms with Gasteiger partial charge in [-0.1, -0.05) is 67.6 Å². The predicted molar refractivity (Wildman–Crippen MR) is 142 cm³/mol. The molecule has 0 aliphatic carbocycles. The van der Waals surface area contributed by atoms with Crippen LogP contribution in [0.3, 0.4) is 0 Å². The van der Waals surface area contributed by atoms with Crippen LogP contribution >= 0.6 is 0 Å². The van der Waals surface area contributed by atoms with E-state index >= 15 is 0 Å². The monoisotopic (exact) mass is 453 g/mol. The van der Waals surface area contributed by atoms with Gasteiger partial charge in [-0.25, -0.2) is 4.79 Å². The molecule has 0 bridgehead atoms. The SMILES string of the molecule is CCc1ccc(C2CC(C(C)=Nc3ccccc3C)CN(C(=O)Nc3ccccc3C)C2)cc1. The lowest BCUT2D eigenvalue weighted by Gasteiger charge is -2.38. The quantitative estimate of drug-likeness (QED) is 0.405. The molecular weight excluding hydrogens is 418 g/mol. The van der Waals surface area contributed by atoms with Crippen LogP contribution in [0.2, 0.25) is 0 Å². The van der Waals surface area contributed by atoms with Gasteiger partial charge in [0.1, 0.15) is 0 Å². The summed E-state index contributed by atoms with van der Waals surface area (Å²) in [7, 11) is 0. The molecular formula is C30H35N3O. The molecule has 1 aliphatic rings. The third-order valence-corrected chi connectivity index (χ3v) is 6.99. The lowest BCUT2D eigenvalue weighted by Crippen LogP contribution is -2.46. The molecule has 2 unspecified atom stereocenters. The Balaban J connectivity index is 1.61. The number of carbonyl (C=O) groups excluding carboxylic acids is 1. The van der Waals surface area contributed by atoms with Crippen LogP contribution in [-0.4, -0.2) is 29.7 Å². The number of nitrogens with one attached hydrogen (secondary N) is 1. The number of piperidine rings is 1. The fraction of sp³-hybridized carbons (Fsp3) is 0.333. The van der Waals surface area contributed by atoms with Gasteiger partial charge in [-0.15, -0.1) is 0 Å². The van der Waals surface area contributed by atoms with E-state index in [1.807, 2.05) is 48.2 Å². The zero-order valence-corrected chi connectivity index (χ0v) is 20.7. The summed E-state index contributed by atoms with van der Waals surface area (Å²) in [5, 5.41) is 3.14. The van der Waals surface area contributed by atoms with Crippen molar-refractivity contribution in [1.29, 1.82) is 0 Å². The number of carbonyl (C=O) groups is 1. The maximum absolute atomic E-state index is 13.4. The number of hydrogen-bond donors (Lipinski definition) is 1. The van der Waals surface area contributed by atoms with Crippen molar-refractivity contribution in [2.75, 3.05) is 18.4 Å². The first-order valence-corrected chi connectivity index (χ1v) is 12.3. The molecule has 34 heavy (non-hydrogen) atoms. The standard InChI is InChI=1S/C30H35N3O/c1-5-24-14-16-25(17-15-24)27-18-26(23(4)31-28-12-8-6-10-21(28)2)19-33(20-27)30(34)32-29-13-9-7-11-22(29)3/h6-17,26-27H,5,18-20H2,1-4H3,(H,32,34). The van der Waals surface area contributed by atoms with Crippen LogP contribution in [0.1, 0.15) is 48.4 Å². The van der Waals surface area contributed by atoms with Crippen LogP contribution in [0.15, 0.2) is 77.8 Å². The maximum Gasteiger partial charge on any atom is 0.321 e. The van der Waals surface area contributed by atoms with E-state index in [4.69, 9.17) is 4.99 Å². The molecule has 0 saturated carbocycles. The summed E-state index contributed by atoms with van der Waals surface area (Å²) in [5.74, 6) is 0.473. The van der Waals surface area contributed by atoms with Crippen molar-refractivity contribution in [3.63, 3.8) is 0 Å². The van der Waals surface area contributed by atoms with E-state index in [1.54, 1.807) is 0 Å². The molecule has 2 amide bonds. The van der Waals surface area contributed by atoms with Crippen molar-refractivity contribution >= 4 is 23.1 Å². The number of nitrogens with zero attached hydrogens (tertiary/aromatic N) is 2. The molecule has 4 heteroatoms. The van der Waals surface area contributed by atoms with E-state index in [0.717, 1.165) is 35.5 Å². The fourth-order valence-electron chi connectivity index (χ4n) is 4.71. The average Bonchev–Trinajstić information content (AvgIpc) is 2.86. The second-order valence-corrected chi connectivity index (χ2v) is 9.41. The number of amides is 2. The third-order valence-electron chi connectivity index (χ3n) is 6.99. The Labute approximate surface area is 203 Å². The molecule has 1 saturated heterocycles. The Kier molecular flexibility index (Phi) is 7.46. The van der Waals surface area contributed by atoms with Gasteiger partial charge >= 0.3 is 6.03 Å². The number of urea groups is 1. The van der Waals surface area contributed by atoms with Gasteiger partial charge in [0.2, 0.25) is 0 Å². The Morgan fingerprint density at radius 3 is 2.29 bits per heavy atom. The van der Waals surface area contributed by atoms with E-state index in [-0.39, 0.29) is 17.9 Å². The van der Waals surface area contributed by atoms with E-state index < -0.39 is 0 Å². The first-order valence-electron chi connectivity index (χ1n) is 12.3. The second-order valence-electron chi connectivity index (χ2n) is 9.41. The molecule has 1 N–H and O–H groups in total. The van der Waals surface area contributed by atoms with E-state index in [1.165, 1.54) is 16.7 Å². The third kappa shape index (κ3) is 5.56. The summed E-state index contributed by atoms with van der Waals surface area (Å²) in [6.07, 6.45) is 2.02. The van der Waals surface area contributed by atoms with E-state index in [2.05, 4.69) is 62.5 Å². The fourth-order valence-corrected chi connectivity index (χ4v) is 4.71. The number of para-hydroxylation sites is 2. The molecule has 3 aromatic carbocycles. The van der Waals surface area contributed by atoms with Crippen molar-refractivity contribution in [2.24, 2.45) is 10.9 Å². The highest BCUT2D eigenvalue weighted by Crippen LogP contribution is 2.33. The number of aryl methyl sites for hydroxylation is 3. The van der Waals surface area contributed by atoms with E-state index in [0.29, 0.717) is 13.1 Å². The van der Waals surface area contributed by atoms with Crippen LogP contribution in [0, 0.1) is 19.8 Å². The number of rotatable bonds is 5. The smallest absolute Gasteiger partial charge is 0.321 e. The summed E-state index contributed by atoms with van der Waals surface area (Å²) in [5.41, 5.74) is 7.81. The summed E-state index contributed by atoms with van der Waals surface area (Å²) in [6.45, 7) is 9.77. The van der Waals surface area contributed by atoms with Gasteiger partial charge in [-0.2, -0.15) is 0 Å². The average molecular weight is 454 g/mol. The predicted octanol–water partition coefficient (Wildman–Crippen LogP) is 7.30. The van der Waals surface area contributed by atoms with Crippen LogP contribution in [0.25, 0.3) is 0 Å². The Morgan fingerprint density at radius 1 is 0.941 bits per heavy atom. The molecule has 3 aromatic rings. The Morgan fingerprint density at radius 2 is 1.62 bits per heavy atom. The van der Waals surface area contributed by atoms with Gasteiger partial charge in [-0.05, 0) is 68.0 Å². The molecule has 176 valence electrons. The summed E-state index contributed by atoms with van der Waals surface area (Å²) >= 11 is 0.